The molecule has 1 heteroatoms. The first-order chi connectivity index (χ1) is 30.3. The fraction of sp³-hybridized carbons (Fsp3) is 0. The zero-order chi connectivity index (χ0) is 40.5. The molecular weight excluding hydrogens is 735 g/mol. The maximum atomic E-state index is 2.37. The molecule has 11 rings (SSSR count). The van der Waals surface area contributed by atoms with Crippen molar-refractivity contribution in [3.8, 4) is 33.4 Å². The van der Waals surface area contributed by atoms with Crippen LogP contribution in [-0.2, 0) is 0 Å². The van der Waals surface area contributed by atoms with Gasteiger partial charge in [0.25, 0.3) is 0 Å². The van der Waals surface area contributed by atoms with Crippen LogP contribution in [-0.4, -0.2) is 0 Å². The highest BCUT2D eigenvalue weighted by molar-refractivity contribution is 6.24. The molecule has 0 N–H and O–H groups in total. The number of anilines is 3. The van der Waals surface area contributed by atoms with Crippen LogP contribution in [0.15, 0.2) is 237 Å². The van der Waals surface area contributed by atoms with E-state index < -0.39 is 0 Å². The van der Waals surface area contributed by atoms with Crippen molar-refractivity contribution in [1.29, 1.82) is 0 Å². The van der Waals surface area contributed by atoms with Crippen LogP contribution in [0.3, 0.4) is 0 Å². The second-order valence-electron chi connectivity index (χ2n) is 15.6. The zero-order valence-electron chi connectivity index (χ0n) is 33.6. The fourth-order valence-corrected chi connectivity index (χ4v) is 9.20. The molecule has 0 spiro atoms. The summed E-state index contributed by atoms with van der Waals surface area (Å²) < 4.78 is 0. The predicted octanol–water partition coefficient (Wildman–Crippen LogP) is 16.9. The van der Waals surface area contributed by atoms with Crippen LogP contribution in [0.5, 0.6) is 0 Å². The van der Waals surface area contributed by atoms with Crippen molar-refractivity contribution in [3.63, 3.8) is 0 Å². The summed E-state index contributed by atoms with van der Waals surface area (Å²) in [5, 5.41) is 9.89. The third-order valence-electron chi connectivity index (χ3n) is 12.1. The Hall–Kier alpha value is -8.00. The van der Waals surface area contributed by atoms with E-state index in [2.05, 4.69) is 254 Å². The molecular formula is C60H41N. The van der Waals surface area contributed by atoms with Crippen LogP contribution in [0.25, 0.3) is 88.6 Å². The monoisotopic (exact) mass is 775 g/mol. The Kier molecular flexibility index (Phi) is 9.26. The standard InChI is InChI=1S/C60H41N/c1-3-16-43(17-4-1)44-33-30-42(31-34-44)32-35-46-38-41-57(52-24-10-9-22-50(46)52)60-55-27-13-11-25-53(55)59(54-26-12-14-28-56(54)60)47-36-39-49(40-37-47)61(48-20-5-2-6-21-48)58-29-15-19-45-18-7-8-23-51(45)58/h1-41H/b35-32+. The van der Waals surface area contributed by atoms with Crippen molar-refractivity contribution in [2.24, 2.45) is 0 Å². The Balaban J connectivity index is 1.02. The minimum absolute atomic E-state index is 1.11. The van der Waals surface area contributed by atoms with Gasteiger partial charge in [-0.1, -0.05) is 218 Å². The lowest BCUT2D eigenvalue weighted by molar-refractivity contribution is 1.30. The molecule has 0 fully saturated rings. The number of rotatable bonds is 8. The molecule has 61 heavy (non-hydrogen) atoms. The van der Waals surface area contributed by atoms with E-state index >= 15 is 0 Å². The molecule has 0 heterocycles. The summed E-state index contributed by atoms with van der Waals surface area (Å²) in [6, 6.07) is 85.8. The van der Waals surface area contributed by atoms with Crippen LogP contribution in [0, 0.1) is 0 Å². The van der Waals surface area contributed by atoms with E-state index in [1.165, 1.54) is 87.6 Å². The van der Waals surface area contributed by atoms with Gasteiger partial charge < -0.3 is 4.90 Å². The van der Waals surface area contributed by atoms with E-state index in [1.54, 1.807) is 0 Å². The van der Waals surface area contributed by atoms with Gasteiger partial charge in [-0.3, -0.25) is 0 Å². The molecule has 11 aromatic rings. The van der Waals surface area contributed by atoms with Crippen molar-refractivity contribution in [1.82, 2.24) is 0 Å². The lowest BCUT2D eigenvalue weighted by Crippen LogP contribution is -2.10. The SMILES string of the molecule is C(=C\c1ccc(-c2c3ccccc3c(-c3ccc(N(c4ccccc4)c4cccc5ccccc45)cc3)c3ccccc23)c2ccccc12)/c1ccc(-c2ccccc2)cc1. The van der Waals surface area contributed by atoms with Crippen molar-refractivity contribution in [2.75, 3.05) is 4.90 Å². The van der Waals surface area contributed by atoms with Crippen LogP contribution in [0.1, 0.15) is 11.1 Å². The van der Waals surface area contributed by atoms with Crippen LogP contribution < -0.4 is 4.90 Å². The Bertz CT molecular complexity index is 3320. The van der Waals surface area contributed by atoms with Gasteiger partial charge in [0, 0.05) is 16.8 Å². The molecule has 0 aromatic heterocycles. The number of nitrogens with zero attached hydrogens (tertiary/aromatic N) is 1. The van der Waals surface area contributed by atoms with Crippen molar-refractivity contribution in [3.05, 3.63) is 248 Å². The Labute approximate surface area is 356 Å². The van der Waals surface area contributed by atoms with E-state index in [-0.39, 0.29) is 0 Å². The summed E-state index contributed by atoms with van der Waals surface area (Å²) in [4.78, 5) is 2.37. The average molecular weight is 776 g/mol. The first kappa shape index (κ1) is 36.1. The molecule has 11 aromatic carbocycles. The topological polar surface area (TPSA) is 3.24 Å². The summed E-state index contributed by atoms with van der Waals surface area (Å²) in [5.41, 5.74) is 13.2. The van der Waals surface area contributed by atoms with Gasteiger partial charge in [-0.15, -0.1) is 0 Å². The second kappa shape index (κ2) is 15.6. The average Bonchev–Trinajstić information content (AvgIpc) is 3.34. The van der Waals surface area contributed by atoms with E-state index in [1.807, 2.05) is 0 Å². The molecule has 0 saturated heterocycles. The van der Waals surface area contributed by atoms with Gasteiger partial charge in [-0.25, -0.2) is 0 Å². The highest BCUT2D eigenvalue weighted by atomic mass is 15.1. The second-order valence-corrected chi connectivity index (χ2v) is 15.6. The summed E-state index contributed by atoms with van der Waals surface area (Å²) in [5.74, 6) is 0. The van der Waals surface area contributed by atoms with Crippen LogP contribution in [0.4, 0.5) is 17.1 Å². The Morgan fingerprint density at radius 3 is 1.44 bits per heavy atom. The smallest absolute Gasteiger partial charge is 0.0540 e. The third-order valence-corrected chi connectivity index (χ3v) is 12.1. The van der Waals surface area contributed by atoms with E-state index in [9.17, 15) is 0 Å². The maximum Gasteiger partial charge on any atom is 0.0540 e. The van der Waals surface area contributed by atoms with Crippen molar-refractivity contribution >= 4 is 72.3 Å². The number of para-hydroxylation sites is 1. The molecule has 0 radical (unpaired) electrons. The number of benzene rings is 11. The number of hydrogen-bond donors (Lipinski definition) is 0. The van der Waals surface area contributed by atoms with Gasteiger partial charge in [-0.05, 0) is 113 Å². The lowest BCUT2D eigenvalue weighted by Gasteiger charge is -2.27. The van der Waals surface area contributed by atoms with Crippen LogP contribution in [0.2, 0.25) is 0 Å². The van der Waals surface area contributed by atoms with Gasteiger partial charge in [-0.2, -0.15) is 0 Å². The minimum Gasteiger partial charge on any atom is -0.310 e. The highest BCUT2D eigenvalue weighted by Gasteiger charge is 2.20. The molecule has 286 valence electrons. The highest BCUT2D eigenvalue weighted by Crippen LogP contribution is 2.47. The first-order valence-electron chi connectivity index (χ1n) is 21.0. The summed E-state index contributed by atoms with van der Waals surface area (Å²) in [6.45, 7) is 0. The maximum absolute atomic E-state index is 2.37. The summed E-state index contributed by atoms with van der Waals surface area (Å²) in [6.07, 6.45) is 4.48. The fourth-order valence-electron chi connectivity index (χ4n) is 9.20. The Morgan fingerprint density at radius 1 is 0.279 bits per heavy atom. The molecule has 0 aliphatic rings. The van der Waals surface area contributed by atoms with Gasteiger partial charge >= 0.3 is 0 Å². The van der Waals surface area contributed by atoms with E-state index in [4.69, 9.17) is 0 Å². The quantitative estimate of drug-likeness (QED) is 0.110. The third kappa shape index (κ3) is 6.63. The van der Waals surface area contributed by atoms with Gasteiger partial charge in [0.15, 0.2) is 0 Å². The van der Waals surface area contributed by atoms with Crippen LogP contribution >= 0.6 is 0 Å². The Morgan fingerprint density at radius 2 is 0.770 bits per heavy atom. The van der Waals surface area contributed by atoms with E-state index in [0.29, 0.717) is 0 Å². The molecule has 0 atom stereocenters. The van der Waals surface area contributed by atoms with Gasteiger partial charge in [0.1, 0.15) is 0 Å². The zero-order valence-corrected chi connectivity index (χ0v) is 33.6. The largest absolute Gasteiger partial charge is 0.310 e. The molecule has 0 bridgehead atoms. The molecule has 0 aliphatic heterocycles. The number of fused-ring (bicyclic) bond motifs is 4. The summed E-state index contributed by atoms with van der Waals surface area (Å²) in [7, 11) is 0. The molecule has 1 nitrogen and oxygen atoms in total. The predicted molar refractivity (Wildman–Crippen MR) is 263 cm³/mol. The van der Waals surface area contributed by atoms with Gasteiger partial charge in [0.2, 0.25) is 0 Å². The molecule has 0 aliphatic carbocycles. The van der Waals surface area contributed by atoms with Crippen molar-refractivity contribution in [2.45, 2.75) is 0 Å². The lowest BCUT2D eigenvalue weighted by atomic mass is 9.84. The normalized spacial score (nSPS) is 11.5. The number of hydrogen-bond acceptors (Lipinski definition) is 1. The molecule has 0 saturated carbocycles. The minimum atomic E-state index is 1.11. The summed E-state index contributed by atoms with van der Waals surface area (Å²) >= 11 is 0. The van der Waals surface area contributed by atoms with Gasteiger partial charge in [0.05, 0.1) is 5.69 Å². The molecule has 0 unspecified atom stereocenters. The van der Waals surface area contributed by atoms with Crippen molar-refractivity contribution < 1.29 is 0 Å². The van der Waals surface area contributed by atoms with E-state index in [0.717, 1.165) is 17.1 Å². The first-order valence-corrected chi connectivity index (χ1v) is 21.0. The molecule has 0 amide bonds.